The van der Waals surface area contributed by atoms with Crippen molar-refractivity contribution in [3.8, 4) is 0 Å². The monoisotopic (exact) mass is 225 g/mol. The predicted octanol–water partition coefficient (Wildman–Crippen LogP) is 3.98. The summed E-state index contributed by atoms with van der Waals surface area (Å²) in [5, 5.41) is 3.22. The molecule has 0 radical (unpaired) electrons. The lowest BCUT2D eigenvalue weighted by molar-refractivity contribution is 0.190. The van der Waals surface area contributed by atoms with Crippen LogP contribution in [0.2, 0.25) is 0 Å². The molecular weight excluding hydrogens is 198 g/mol. The van der Waals surface area contributed by atoms with Gasteiger partial charge < -0.3 is 10.1 Å². The van der Waals surface area contributed by atoms with Gasteiger partial charge in [-0.25, -0.2) is 0 Å². The summed E-state index contributed by atoms with van der Waals surface area (Å²) < 4.78 is 5.60. The molecule has 1 rings (SSSR count). The molecule has 0 saturated carbocycles. The van der Waals surface area contributed by atoms with Gasteiger partial charge in [0.25, 0.3) is 0 Å². The molecule has 0 spiro atoms. The average molecular weight is 225 g/mol. The van der Waals surface area contributed by atoms with E-state index in [9.17, 15) is 0 Å². The molecule has 0 unspecified atom stereocenters. The van der Waals surface area contributed by atoms with Gasteiger partial charge in [-0.15, -0.1) is 0 Å². The van der Waals surface area contributed by atoms with E-state index in [1.54, 1.807) is 0 Å². The topological polar surface area (TPSA) is 21.3 Å². The smallest absolute Gasteiger partial charge is 0.182 e. The summed E-state index contributed by atoms with van der Waals surface area (Å²) in [6, 6.07) is 0. The van der Waals surface area contributed by atoms with Crippen molar-refractivity contribution in [3.63, 3.8) is 0 Å². The Labute approximate surface area is 100 Å². The summed E-state index contributed by atoms with van der Waals surface area (Å²) in [5.74, 6) is 1.00. The third kappa shape index (κ3) is 6.76. The first-order valence-corrected chi connectivity index (χ1v) is 7.00. The first kappa shape index (κ1) is 13.4. The maximum Gasteiger partial charge on any atom is 0.182 e. The minimum atomic E-state index is 0.883. The van der Waals surface area contributed by atoms with Gasteiger partial charge in [0, 0.05) is 6.54 Å². The fourth-order valence-corrected chi connectivity index (χ4v) is 2.00. The highest BCUT2D eigenvalue weighted by atomic mass is 16.5. The number of rotatable bonds is 10. The second-order valence-corrected chi connectivity index (χ2v) is 4.61. The molecular formula is C14H27NO. The van der Waals surface area contributed by atoms with E-state index in [0.717, 1.165) is 25.5 Å². The van der Waals surface area contributed by atoms with Crippen LogP contribution in [0.1, 0.15) is 64.7 Å². The SMILES string of the molecule is CCCCCCCCCCOC1=CCCN1. The molecule has 0 aromatic rings. The van der Waals surface area contributed by atoms with Gasteiger partial charge >= 0.3 is 0 Å². The van der Waals surface area contributed by atoms with Crippen LogP contribution in [0.4, 0.5) is 0 Å². The van der Waals surface area contributed by atoms with Crippen molar-refractivity contribution >= 4 is 0 Å². The van der Waals surface area contributed by atoms with Crippen LogP contribution < -0.4 is 5.32 Å². The molecule has 0 aliphatic carbocycles. The van der Waals surface area contributed by atoms with E-state index in [-0.39, 0.29) is 0 Å². The van der Waals surface area contributed by atoms with E-state index in [0.29, 0.717) is 0 Å². The van der Waals surface area contributed by atoms with Crippen LogP contribution in [0.15, 0.2) is 12.0 Å². The molecule has 2 nitrogen and oxygen atoms in total. The molecule has 0 saturated heterocycles. The van der Waals surface area contributed by atoms with Crippen molar-refractivity contribution in [3.05, 3.63) is 12.0 Å². The molecule has 0 aromatic heterocycles. The molecule has 0 bridgehead atoms. The first-order valence-electron chi connectivity index (χ1n) is 7.00. The fourth-order valence-electron chi connectivity index (χ4n) is 2.00. The van der Waals surface area contributed by atoms with Crippen LogP contribution in [0.5, 0.6) is 0 Å². The van der Waals surface area contributed by atoms with E-state index >= 15 is 0 Å². The maximum absolute atomic E-state index is 5.60. The Hall–Kier alpha value is -0.660. The number of hydrogen-bond acceptors (Lipinski definition) is 2. The molecule has 0 fully saturated rings. The van der Waals surface area contributed by atoms with Gasteiger partial charge in [-0.2, -0.15) is 0 Å². The van der Waals surface area contributed by atoms with Gasteiger partial charge in [0.15, 0.2) is 5.88 Å². The van der Waals surface area contributed by atoms with Gasteiger partial charge in [0.05, 0.1) is 6.61 Å². The molecule has 2 heteroatoms. The second-order valence-electron chi connectivity index (χ2n) is 4.61. The van der Waals surface area contributed by atoms with Crippen LogP contribution in [-0.4, -0.2) is 13.2 Å². The Morgan fingerprint density at radius 1 is 1.06 bits per heavy atom. The highest BCUT2D eigenvalue weighted by Crippen LogP contribution is 2.09. The molecule has 94 valence electrons. The number of nitrogens with one attached hydrogen (secondary N) is 1. The highest BCUT2D eigenvalue weighted by Gasteiger charge is 2.02. The maximum atomic E-state index is 5.60. The number of unbranched alkanes of at least 4 members (excludes halogenated alkanes) is 7. The van der Waals surface area contributed by atoms with Gasteiger partial charge in [-0.05, 0) is 18.9 Å². The molecule has 1 heterocycles. The largest absolute Gasteiger partial charge is 0.479 e. The van der Waals surface area contributed by atoms with Crippen LogP contribution in [-0.2, 0) is 4.74 Å². The van der Waals surface area contributed by atoms with Crippen molar-refractivity contribution in [2.45, 2.75) is 64.7 Å². The van der Waals surface area contributed by atoms with Crippen LogP contribution in [0.3, 0.4) is 0 Å². The van der Waals surface area contributed by atoms with E-state index in [1.165, 1.54) is 51.4 Å². The highest BCUT2D eigenvalue weighted by molar-refractivity contribution is 4.97. The lowest BCUT2D eigenvalue weighted by Crippen LogP contribution is -2.10. The molecule has 0 amide bonds. The second kappa shape index (κ2) is 9.56. The molecule has 0 atom stereocenters. The molecule has 1 aliphatic rings. The summed E-state index contributed by atoms with van der Waals surface area (Å²) in [6.07, 6.45) is 14.1. The third-order valence-electron chi connectivity index (χ3n) is 3.03. The summed E-state index contributed by atoms with van der Waals surface area (Å²) in [7, 11) is 0. The summed E-state index contributed by atoms with van der Waals surface area (Å²) >= 11 is 0. The third-order valence-corrected chi connectivity index (χ3v) is 3.03. The van der Waals surface area contributed by atoms with Crippen molar-refractivity contribution < 1.29 is 4.74 Å². The van der Waals surface area contributed by atoms with Gasteiger partial charge in [-0.3, -0.25) is 0 Å². The minimum Gasteiger partial charge on any atom is -0.479 e. The van der Waals surface area contributed by atoms with Crippen molar-refractivity contribution in [2.24, 2.45) is 0 Å². The van der Waals surface area contributed by atoms with E-state index in [4.69, 9.17) is 4.74 Å². The summed E-state index contributed by atoms with van der Waals surface area (Å²) in [6.45, 7) is 4.20. The molecule has 0 aromatic carbocycles. The summed E-state index contributed by atoms with van der Waals surface area (Å²) in [5.41, 5.74) is 0. The summed E-state index contributed by atoms with van der Waals surface area (Å²) in [4.78, 5) is 0. The number of hydrogen-bond donors (Lipinski definition) is 1. The Morgan fingerprint density at radius 3 is 2.38 bits per heavy atom. The van der Waals surface area contributed by atoms with E-state index < -0.39 is 0 Å². The van der Waals surface area contributed by atoms with Crippen molar-refractivity contribution in [1.29, 1.82) is 0 Å². The lowest BCUT2D eigenvalue weighted by atomic mass is 10.1. The number of ether oxygens (including phenoxy) is 1. The molecule has 1 aliphatic heterocycles. The molecule has 16 heavy (non-hydrogen) atoms. The van der Waals surface area contributed by atoms with Crippen molar-refractivity contribution in [1.82, 2.24) is 5.32 Å². The van der Waals surface area contributed by atoms with Crippen LogP contribution in [0, 0.1) is 0 Å². The predicted molar refractivity (Wildman–Crippen MR) is 69.3 cm³/mol. The zero-order chi connectivity index (χ0) is 11.5. The average Bonchev–Trinajstić information content (AvgIpc) is 2.80. The van der Waals surface area contributed by atoms with Gasteiger partial charge in [0.1, 0.15) is 0 Å². The zero-order valence-electron chi connectivity index (χ0n) is 10.8. The fraction of sp³-hybridized carbons (Fsp3) is 0.857. The first-order chi connectivity index (χ1) is 7.93. The minimum absolute atomic E-state index is 0.883. The lowest BCUT2D eigenvalue weighted by Gasteiger charge is -2.07. The van der Waals surface area contributed by atoms with Gasteiger partial charge in [-0.1, -0.05) is 51.9 Å². The Balaban J connectivity index is 1.74. The Kier molecular flexibility index (Phi) is 8.01. The Morgan fingerprint density at radius 2 is 1.75 bits per heavy atom. The quantitative estimate of drug-likeness (QED) is 0.568. The van der Waals surface area contributed by atoms with E-state index in [1.807, 2.05) is 0 Å². The van der Waals surface area contributed by atoms with Crippen LogP contribution in [0.25, 0.3) is 0 Å². The van der Waals surface area contributed by atoms with Crippen molar-refractivity contribution in [2.75, 3.05) is 13.2 Å². The van der Waals surface area contributed by atoms with Gasteiger partial charge in [0.2, 0.25) is 0 Å². The van der Waals surface area contributed by atoms with Crippen LogP contribution >= 0.6 is 0 Å². The molecule has 1 N–H and O–H groups in total. The zero-order valence-corrected chi connectivity index (χ0v) is 10.8. The Bertz CT molecular complexity index is 189. The normalized spacial score (nSPS) is 14.7. The standard InChI is InChI=1S/C14H27NO/c1-2-3-4-5-6-7-8-9-13-16-14-11-10-12-15-14/h11,15H,2-10,12-13H2,1H3. The van der Waals surface area contributed by atoms with E-state index in [2.05, 4.69) is 18.3 Å².